The summed E-state index contributed by atoms with van der Waals surface area (Å²) in [5.74, 6) is -9.46. The third kappa shape index (κ3) is 5.71. The van der Waals surface area contributed by atoms with Gasteiger partial charge in [-0.3, -0.25) is 29.5 Å². The maximum atomic E-state index is 15.5. The van der Waals surface area contributed by atoms with Gasteiger partial charge in [0.15, 0.2) is 5.82 Å². The Morgan fingerprint density at radius 1 is 0.864 bits per heavy atom. The number of hydrazine groups is 1. The van der Waals surface area contributed by atoms with Crippen molar-refractivity contribution in [3.05, 3.63) is 141 Å². The third-order valence-electron chi connectivity index (χ3n) is 12.2. The molecule has 0 radical (unpaired) electrons. The molecular formula is C43H29Cl2F3N4O7. The Balaban J connectivity index is 1.25. The number of halogens is 5. The Kier molecular flexibility index (Phi) is 8.87. The fourth-order valence-corrected chi connectivity index (χ4v) is 10.1. The molecule has 16 heteroatoms. The number of hydrogen-bond acceptors (Lipinski definition) is 8. The first-order valence-electron chi connectivity index (χ1n) is 18.4. The molecule has 11 nitrogen and oxygen atoms in total. The number of pyridine rings is 1. The molecule has 1 aromatic heterocycles. The molecule has 2 saturated heterocycles. The van der Waals surface area contributed by atoms with Crippen molar-refractivity contribution < 1.29 is 47.4 Å². The first kappa shape index (κ1) is 38.3. The summed E-state index contributed by atoms with van der Waals surface area (Å²) in [4.78, 5) is 76.0. The molecule has 4 aliphatic rings. The van der Waals surface area contributed by atoms with Gasteiger partial charge in [0.1, 0.15) is 5.75 Å². The van der Waals surface area contributed by atoms with Crippen LogP contribution in [0.3, 0.4) is 0 Å². The number of carboxylic acids is 1. The summed E-state index contributed by atoms with van der Waals surface area (Å²) in [5, 5.41) is 22.2. The predicted molar refractivity (Wildman–Crippen MR) is 208 cm³/mol. The SMILES string of the molecule is O=C(O)c1cccc(N2C(=O)C3CC=C4C(CC5C(=O)N(Nc6ncc(C(F)(F)F)cc6Cl)C(=O)C5(c5ccc(Cl)cc5)C4c4ccc(O)c5ccccc45)C3C2=O)c1. The second kappa shape index (κ2) is 13.7. The number of nitrogens with zero attached hydrogens (tertiary/aromatic N) is 3. The van der Waals surface area contributed by atoms with Crippen LogP contribution in [0.25, 0.3) is 10.8 Å². The molecule has 2 aliphatic carbocycles. The number of carboxylic acid groups (broad SMARTS) is 1. The van der Waals surface area contributed by atoms with Gasteiger partial charge >= 0.3 is 12.1 Å². The van der Waals surface area contributed by atoms with Crippen LogP contribution in [0.1, 0.15) is 45.8 Å². The van der Waals surface area contributed by atoms with Crippen LogP contribution in [0.5, 0.6) is 5.75 Å². The van der Waals surface area contributed by atoms with E-state index in [1.807, 2.05) is 6.08 Å². The van der Waals surface area contributed by atoms with Crippen LogP contribution < -0.4 is 10.3 Å². The zero-order valence-electron chi connectivity index (χ0n) is 30.3. The molecular weight excluding hydrogens is 812 g/mol. The van der Waals surface area contributed by atoms with Crippen molar-refractivity contribution in [3.63, 3.8) is 0 Å². The van der Waals surface area contributed by atoms with Crippen LogP contribution in [-0.2, 0) is 30.8 Å². The zero-order valence-corrected chi connectivity index (χ0v) is 31.8. The van der Waals surface area contributed by atoms with Crippen molar-refractivity contribution in [1.29, 1.82) is 0 Å². The fraction of sp³-hybridized carbons (Fsp3) is 0.209. The standard InChI is InChI=1S/C43H29Cl2F3N4O7/c44-23-10-8-21(9-11-23)42-31(38(55)52(41(42)59)50-36-32(45)17-22(19-49-36)43(46,47)48)18-30-28(35(42)27-14-15-33(53)26-7-2-1-6-25(26)27)12-13-29-34(30)39(56)51(37(29)54)24-5-3-4-20(16-24)40(57)58/h1-12,14-17,19,29-31,34-35,53H,13,18H2,(H,49,50)(H,57,58). The van der Waals surface area contributed by atoms with E-state index in [0.29, 0.717) is 49.8 Å². The van der Waals surface area contributed by atoms with E-state index in [9.17, 15) is 37.8 Å². The zero-order chi connectivity index (χ0) is 41.7. The van der Waals surface area contributed by atoms with Crippen molar-refractivity contribution in [3.8, 4) is 5.75 Å². The molecule has 2 aliphatic heterocycles. The third-order valence-corrected chi connectivity index (χ3v) is 12.7. The molecule has 9 rings (SSSR count). The Hall–Kier alpha value is -6.25. The summed E-state index contributed by atoms with van der Waals surface area (Å²) in [7, 11) is 0. The number of benzene rings is 4. The number of fused-ring (bicyclic) bond motifs is 5. The van der Waals surface area contributed by atoms with E-state index >= 15 is 9.59 Å². The summed E-state index contributed by atoms with van der Waals surface area (Å²) in [6.07, 6.45) is -2.48. The highest BCUT2D eigenvalue weighted by atomic mass is 35.5. The van der Waals surface area contributed by atoms with E-state index in [0.717, 1.165) is 4.90 Å². The van der Waals surface area contributed by atoms with Gasteiger partial charge in [0.2, 0.25) is 11.8 Å². The lowest BCUT2D eigenvalue weighted by molar-refractivity contribution is -0.139. The number of aromatic nitrogens is 1. The second-order valence-electron chi connectivity index (χ2n) is 15.0. The molecule has 298 valence electrons. The Morgan fingerprint density at radius 3 is 2.29 bits per heavy atom. The molecule has 3 fully saturated rings. The fourth-order valence-electron chi connectivity index (χ4n) is 9.72. The molecule has 4 amide bonds. The van der Waals surface area contributed by atoms with E-state index in [4.69, 9.17) is 23.2 Å². The largest absolute Gasteiger partial charge is 0.507 e. The highest BCUT2D eigenvalue weighted by molar-refractivity contribution is 6.33. The molecule has 6 atom stereocenters. The number of carbonyl (C=O) groups is 5. The van der Waals surface area contributed by atoms with Gasteiger partial charge in [-0.1, -0.05) is 83.4 Å². The van der Waals surface area contributed by atoms with Gasteiger partial charge in [-0.05, 0) is 77.7 Å². The number of aromatic hydroxyl groups is 1. The summed E-state index contributed by atoms with van der Waals surface area (Å²) in [6.45, 7) is 0. The van der Waals surface area contributed by atoms with Gasteiger partial charge in [0, 0.05) is 22.5 Å². The number of nitrogens with one attached hydrogen (secondary N) is 1. The number of phenols is 1. The molecule has 4 aromatic carbocycles. The lowest BCUT2D eigenvalue weighted by Crippen LogP contribution is -2.53. The summed E-state index contributed by atoms with van der Waals surface area (Å²) in [6, 6.07) is 22.5. The van der Waals surface area contributed by atoms with E-state index < -0.39 is 87.2 Å². The maximum Gasteiger partial charge on any atom is 0.417 e. The minimum atomic E-state index is -4.78. The number of hydrogen-bond donors (Lipinski definition) is 3. The number of amides is 4. The summed E-state index contributed by atoms with van der Waals surface area (Å²) >= 11 is 12.7. The van der Waals surface area contributed by atoms with Crippen LogP contribution in [0, 0.1) is 23.7 Å². The van der Waals surface area contributed by atoms with Crippen LogP contribution in [0.4, 0.5) is 24.7 Å². The number of carbonyl (C=O) groups excluding carboxylic acids is 4. The topological polar surface area (TPSA) is 157 Å². The number of phenolic OH excluding ortho intramolecular Hbond substituents is 1. The van der Waals surface area contributed by atoms with Crippen molar-refractivity contribution in [1.82, 2.24) is 9.99 Å². The lowest BCUT2D eigenvalue weighted by atomic mass is 9.49. The van der Waals surface area contributed by atoms with Gasteiger partial charge in [0.25, 0.3) is 11.8 Å². The van der Waals surface area contributed by atoms with E-state index in [1.165, 1.54) is 30.3 Å². The van der Waals surface area contributed by atoms with Crippen molar-refractivity contribution >= 4 is 75.1 Å². The predicted octanol–water partition coefficient (Wildman–Crippen LogP) is 8.15. The van der Waals surface area contributed by atoms with Crippen LogP contribution >= 0.6 is 23.2 Å². The van der Waals surface area contributed by atoms with Crippen LogP contribution in [0.15, 0.2) is 109 Å². The summed E-state index contributed by atoms with van der Waals surface area (Å²) in [5.41, 5.74) is 1.08. The van der Waals surface area contributed by atoms with Gasteiger partial charge in [-0.2, -0.15) is 18.2 Å². The molecule has 3 heterocycles. The maximum absolute atomic E-state index is 15.5. The average molecular weight is 842 g/mol. The Morgan fingerprint density at radius 2 is 1.59 bits per heavy atom. The van der Waals surface area contributed by atoms with Gasteiger partial charge in [-0.25, -0.2) is 9.78 Å². The highest BCUT2D eigenvalue weighted by Gasteiger charge is 2.70. The highest BCUT2D eigenvalue weighted by Crippen LogP contribution is 2.65. The molecule has 6 unspecified atom stereocenters. The second-order valence-corrected chi connectivity index (χ2v) is 15.8. The van der Waals surface area contributed by atoms with Gasteiger partial charge < -0.3 is 10.2 Å². The van der Waals surface area contributed by atoms with Crippen LogP contribution in [-0.4, -0.2) is 49.8 Å². The molecule has 0 spiro atoms. The molecule has 3 N–H and O–H groups in total. The summed E-state index contributed by atoms with van der Waals surface area (Å²) < 4.78 is 40.7. The van der Waals surface area contributed by atoms with Crippen molar-refractivity contribution in [2.75, 3.05) is 10.3 Å². The number of alkyl halides is 3. The number of imide groups is 2. The Labute approximate surface area is 342 Å². The van der Waals surface area contributed by atoms with Crippen molar-refractivity contribution in [2.45, 2.75) is 30.4 Å². The number of anilines is 2. The minimum absolute atomic E-state index is 0.0533. The molecule has 1 saturated carbocycles. The number of aromatic carboxylic acids is 1. The smallest absolute Gasteiger partial charge is 0.417 e. The molecule has 5 aromatic rings. The minimum Gasteiger partial charge on any atom is -0.507 e. The Bertz CT molecular complexity index is 2710. The number of rotatable bonds is 6. The van der Waals surface area contributed by atoms with E-state index in [2.05, 4.69) is 10.4 Å². The molecule has 0 bridgehead atoms. The van der Waals surface area contributed by atoms with Crippen molar-refractivity contribution in [2.24, 2.45) is 23.7 Å². The van der Waals surface area contributed by atoms with Crippen LogP contribution in [0.2, 0.25) is 10.0 Å². The van der Waals surface area contributed by atoms with Gasteiger partial charge in [0.05, 0.1) is 45.0 Å². The first-order valence-corrected chi connectivity index (χ1v) is 19.1. The van der Waals surface area contributed by atoms with Gasteiger partial charge in [-0.15, -0.1) is 0 Å². The lowest BCUT2D eigenvalue weighted by Gasteiger charge is -2.51. The average Bonchev–Trinajstić information content (AvgIpc) is 3.59. The molecule has 59 heavy (non-hydrogen) atoms. The van der Waals surface area contributed by atoms with E-state index in [-0.39, 0.29) is 29.8 Å². The van der Waals surface area contributed by atoms with E-state index in [1.54, 1.807) is 54.6 Å². The number of allylic oxidation sites excluding steroid dienone is 2. The normalized spacial score (nSPS) is 25.2. The first-order chi connectivity index (χ1) is 28.1. The quantitative estimate of drug-likeness (QED) is 0.113. The monoisotopic (exact) mass is 840 g/mol.